The van der Waals surface area contributed by atoms with Crippen LogP contribution in [0.2, 0.25) is 0 Å². The van der Waals surface area contributed by atoms with E-state index in [9.17, 15) is 19.5 Å². The molecular formula is C94H159NO8. The van der Waals surface area contributed by atoms with Crippen LogP contribution in [-0.2, 0) is 33.3 Å². The van der Waals surface area contributed by atoms with Crippen LogP contribution in [0.25, 0.3) is 0 Å². The maximum Gasteiger partial charge on any atom is 0.306 e. The van der Waals surface area contributed by atoms with Gasteiger partial charge in [-0.05, 0) is 128 Å². The zero-order valence-electron chi connectivity index (χ0n) is 67.4. The summed E-state index contributed by atoms with van der Waals surface area (Å²) in [6, 6.07) is 0. The van der Waals surface area contributed by atoms with Gasteiger partial charge in [-0.25, -0.2) is 0 Å². The van der Waals surface area contributed by atoms with Crippen molar-refractivity contribution in [1.29, 1.82) is 0 Å². The first-order valence-corrected chi connectivity index (χ1v) is 42.6. The molecule has 0 heterocycles. The third-order valence-corrected chi connectivity index (χ3v) is 18.3. The topological polar surface area (TPSA) is 111 Å². The normalized spacial score (nSPS) is 13.4. The molecule has 0 aliphatic heterocycles. The van der Waals surface area contributed by atoms with Crippen molar-refractivity contribution in [1.82, 2.24) is 0 Å². The number of rotatable bonds is 78. The number of allylic oxidation sites excluding steroid dienone is 26. The van der Waals surface area contributed by atoms with E-state index in [0.717, 1.165) is 122 Å². The molecule has 0 aliphatic rings. The minimum absolute atomic E-state index is 0.140. The number of likely N-dealkylation sites (N-methyl/N-ethyl adjacent to an activating group) is 1. The highest BCUT2D eigenvalue weighted by molar-refractivity contribution is 5.70. The maximum absolute atomic E-state index is 13.0. The van der Waals surface area contributed by atoms with Crippen molar-refractivity contribution < 1.29 is 42.9 Å². The molecule has 103 heavy (non-hydrogen) atoms. The predicted octanol–water partition coefficient (Wildman–Crippen LogP) is 26.6. The second kappa shape index (κ2) is 82.6. The number of esters is 2. The Morgan fingerprint density at radius 3 is 0.825 bits per heavy atom. The number of carbonyl (C=O) groups excluding carboxylic acids is 3. The highest BCUT2D eigenvalue weighted by atomic mass is 16.7. The van der Waals surface area contributed by atoms with Crippen LogP contribution in [0.3, 0.4) is 0 Å². The number of carboxylic acids is 1. The fourth-order valence-corrected chi connectivity index (χ4v) is 11.8. The molecule has 0 aromatic carbocycles. The number of carboxylic acid groups (broad SMARTS) is 1. The molecule has 9 heteroatoms. The van der Waals surface area contributed by atoms with Gasteiger partial charge < -0.3 is 33.3 Å². The van der Waals surface area contributed by atoms with E-state index in [-0.39, 0.29) is 38.6 Å². The largest absolute Gasteiger partial charge is 0.545 e. The monoisotopic (exact) mass is 1430 g/mol. The molecule has 588 valence electrons. The van der Waals surface area contributed by atoms with Gasteiger partial charge in [0, 0.05) is 12.8 Å². The second-order valence-electron chi connectivity index (χ2n) is 29.4. The van der Waals surface area contributed by atoms with Crippen LogP contribution < -0.4 is 5.11 Å². The Kier molecular flexibility index (Phi) is 78.5. The molecular weight excluding hydrogens is 1270 g/mol. The lowest BCUT2D eigenvalue weighted by atomic mass is 10.0. The third-order valence-electron chi connectivity index (χ3n) is 18.3. The minimum atomic E-state index is -1.63. The van der Waals surface area contributed by atoms with E-state index in [1.807, 2.05) is 21.1 Å². The molecule has 0 radical (unpaired) electrons. The van der Waals surface area contributed by atoms with Gasteiger partial charge in [-0.2, -0.15) is 0 Å². The van der Waals surface area contributed by atoms with Crippen LogP contribution in [-0.4, -0.2) is 82.3 Å². The highest BCUT2D eigenvalue weighted by Gasteiger charge is 2.22. The van der Waals surface area contributed by atoms with E-state index in [4.69, 9.17) is 18.9 Å². The molecule has 2 unspecified atom stereocenters. The number of ether oxygens (including phenoxy) is 4. The van der Waals surface area contributed by atoms with E-state index in [1.165, 1.54) is 205 Å². The molecule has 2 atom stereocenters. The predicted molar refractivity (Wildman–Crippen MR) is 444 cm³/mol. The number of nitrogens with zero attached hydrogens (tertiary/aromatic N) is 1. The average molecular weight is 1430 g/mol. The van der Waals surface area contributed by atoms with Gasteiger partial charge in [0.25, 0.3) is 0 Å². The van der Waals surface area contributed by atoms with Gasteiger partial charge in [-0.1, -0.05) is 377 Å². The molecule has 0 saturated heterocycles. The number of quaternary nitrogens is 1. The molecule has 0 bridgehead atoms. The van der Waals surface area contributed by atoms with E-state index in [2.05, 4.69) is 172 Å². The van der Waals surface area contributed by atoms with Crippen LogP contribution in [0.1, 0.15) is 361 Å². The van der Waals surface area contributed by atoms with Gasteiger partial charge in [0.1, 0.15) is 13.2 Å². The van der Waals surface area contributed by atoms with Gasteiger partial charge in [-0.15, -0.1) is 0 Å². The number of aliphatic carboxylic acids is 1. The third kappa shape index (κ3) is 84.1. The summed E-state index contributed by atoms with van der Waals surface area (Å²) >= 11 is 0. The number of unbranched alkanes of at least 4 members (excludes halogenated alkanes) is 37. The molecule has 0 amide bonds. The van der Waals surface area contributed by atoms with Crippen LogP contribution in [0.5, 0.6) is 0 Å². The van der Waals surface area contributed by atoms with E-state index in [0.29, 0.717) is 17.4 Å². The summed E-state index contributed by atoms with van der Waals surface area (Å²) in [6.45, 7) is 4.64. The highest BCUT2D eigenvalue weighted by Crippen LogP contribution is 2.18. The van der Waals surface area contributed by atoms with Crippen LogP contribution >= 0.6 is 0 Å². The summed E-state index contributed by atoms with van der Waals surface area (Å²) in [5.41, 5.74) is 0. The van der Waals surface area contributed by atoms with Crippen LogP contribution in [0.15, 0.2) is 158 Å². The van der Waals surface area contributed by atoms with E-state index < -0.39 is 24.3 Å². The second-order valence-corrected chi connectivity index (χ2v) is 29.4. The Morgan fingerprint density at radius 1 is 0.301 bits per heavy atom. The lowest BCUT2D eigenvalue weighted by molar-refractivity contribution is -0.870. The fraction of sp³-hybridized carbons (Fsp3) is 0.691. The summed E-state index contributed by atoms with van der Waals surface area (Å²) < 4.78 is 22.9. The SMILES string of the molecule is CC/C=C\C/C=C\C/C=C\C/C=C\C/C=C\C/C=C\C/C=C\C/C=C\C/C=C\C/C=C\CCCCCCCCCCC(=O)OC(COC(=O)CCCCCCCCCCCCCCCCCCCCCCCCCC/C=C\C/C=C\C/C=C\CCCCCCC)COC(OCC[N+](C)(C)C)C(=O)[O-]. The van der Waals surface area contributed by atoms with Crippen molar-refractivity contribution in [3.05, 3.63) is 158 Å². The molecule has 0 N–H and O–H groups in total. The number of hydrogen-bond acceptors (Lipinski definition) is 8. The van der Waals surface area contributed by atoms with Gasteiger partial charge >= 0.3 is 11.9 Å². The first kappa shape index (κ1) is 97.9. The quantitative estimate of drug-likeness (QED) is 0.0195. The molecule has 0 aromatic heterocycles. The van der Waals surface area contributed by atoms with Crippen LogP contribution in [0.4, 0.5) is 0 Å². The number of hydrogen-bond donors (Lipinski definition) is 0. The molecule has 9 nitrogen and oxygen atoms in total. The Balaban J connectivity index is 4.05. The summed E-state index contributed by atoms with van der Waals surface area (Å²) in [5, 5.41) is 11.9. The Morgan fingerprint density at radius 2 is 0.553 bits per heavy atom. The lowest BCUT2D eigenvalue weighted by Gasteiger charge is -2.26. The van der Waals surface area contributed by atoms with Gasteiger partial charge in [0.15, 0.2) is 12.4 Å². The summed E-state index contributed by atoms with van der Waals surface area (Å²) in [5.74, 6) is -2.29. The van der Waals surface area contributed by atoms with Crippen molar-refractivity contribution in [2.75, 3.05) is 47.5 Å². The van der Waals surface area contributed by atoms with E-state index in [1.54, 1.807) is 0 Å². The molecule has 0 aromatic rings. The van der Waals surface area contributed by atoms with Gasteiger partial charge in [0.05, 0.1) is 40.3 Å². The van der Waals surface area contributed by atoms with Gasteiger partial charge in [-0.3, -0.25) is 9.59 Å². The fourth-order valence-electron chi connectivity index (χ4n) is 11.8. The molecule has 0 rings (SSSR count). The smallest absolute Gasteiger partial charge is 0.306 e. The molecule has 0 fully saturated rings. The zero-order chi connectivity index (χ0) is 74.6. The van der Waals surface area contributed by atoms with Crippen molar-refractivity contribution >= 4 is 17.9 Å². The molecule has 0 spiro atoms. The van der Waals surface area contributed by atoms with Crippen molar-refractivity contribution in [3.8, 4) is 0 Å². The Hall–Kier alpha value is -5.09. The molecule has 0 saturated carbocycles. The van der Waals surface area contributed by atoms with E-state index >= 15 is 0 Å². The average Bonchev–Trinajstić information content (AvgIpc) is 0.985. The van der Waals surface area contributed by atoms with Gasteiger partial charge in [0.2, 0.25) is 0 Å². The minimum Gasteiger partial charge on any atom is -0.545 e. The summed E-state index contributed by atoms with van der Waals surface area (Å²) in [4.78, 5) is 37.7. The summed E-state index contributed by atoms with van der Waals surface area (Å²) in [7, 11) is 5.93. The lowest BCUT2D eigenvalue weighted by Crippen LogP contribution is -2.44. The van der Waals surface area contributed by atoms with Crippen LogP contribution in [0, 0.1) is 0 Å². The molecule has 0 aliphatic carbocycles. The first-order valence-electron chi connectivity index (χ1n) is 42.6. The zero-order valence-corrected chi connectivity index (χ0v) is 67.4. The van der Waals surface area contributed by atoms with Crippen molar-refractivity contribution in [3.63, 3.8) is 0 Å². The van der Waals surface area contributed by atoms with Crippen molar-refractivity contribution in [2.45, 2.75) is 373 Å². The summed E-state index contributed by atoms with van der Waals surface area (Å²) in [6.07, 6.45) is 119. The first-order chi connectivity index (χ1) is 50.6. The van der Waals surface area contributed by atoms with Crippen molar-refractivity contribution in [2.24, 2.45) is 0 Å². The Labute approximate surface area is 635 Å². The number of carbonyl (C=O) groups is 3. The Bertz CT molecular complexity index is 2270. The maximum atomic E-state index is 13.0. The standard InChI is InChI=1S/C94H159NO8/c1-6-8-10-12-14-16-18-20-22-24-26-28-30-32-34-36-38-40-42-44-46-48-50-52-54-56-58-60-62-64-66-68-70-72-74-76-78-80-82-84-91(96)101-88-90(89-102-94(93(98)99)100-87-86-95(3,4)5)103-92(97)85-83-81-79-77-75-73-71-69-67-65-63-61-59-57-55-53-51-49-47-45-43-41-39-37-35-33-31-29-27-25-23-21-19-17-15-13-11-9-7-2/h9,11,15,17-18,20-21,23-24,26-27,29-30,32-33,35,39,41,45,47,51,53,57,59,63,65,90,94H,6-8,10,12-14,16,19,22,25,28,31,34,36-38,40,42-44,46,48-50,52,54-56,58,60-62,64,66-89H2,1-5H3/b11-9-,17-15-,20-18-,23-21-,26-24-,29-27-,32-30-,35-33-,41-39-,47-45-,53-51-,59-57-,65-63-.